The van der Waals surface area contributed by atoms with Crippen LogP contribution in [-0.2, 0) is 10.0 Å². The molecule has 2 aromatic rings. The zero-order chi connectivity index (χ0) is 14.4. The van der Waals surface area contributed by atoms with Crippen LogP contribution in [0.4, 0.5) is 0 Å². The van der Waals surface area contributed by atoms with Crippen LogP contribution in [0.2, 0.25) is 0 Å². The van der Waals surface area contributed by atoms with Crippen molar-refractivity contribution >= 4 is 53.2 Å². The number of rotatable bonds is 3. The van der Waals surface area contributed by atoms with Crippen molar-refractivity contribution in [2.45, 2.75) is 25.0 Å². The number of nitrogens with two attached hydrogens (primary N) is 1. The fourth-order valence-electron chi connectivity index (χ4n) is 1.56. The van der Waals surface area contributed by atoms with Crippen molar-refractivity contribution < 1.29 is 8.42 Å². The van der Waals surface area contributed by atoms with Crippen molar-refractivity contribution in [1.29, 1.82) is 0 Å². The van der Waals surface area contributed by atoms with Gasteiger partial charge in [0.05, 0.1) is 8.66 Å². The van der Waals surface area contributed by atoms with E-state index in [9.17, 15) is 8.42 Å². The maximum Gasteiger partial charge on any atom is 0.273 e. The maximum atomic E-state index is 11.5. The summed E-state index contributed by atoms with van der Waals surface area (Å²) in [6, 6.07) is 1.72. The molecule has 0 spiro atoms. The number of aromatic nitrogens is 3. The number of nitrogens with zero attached hydrogens (tertiary/aromatic N) is 3. The van der Waals surface area contributed by atoms with Gasteiger partial charge in [-0.05, 0) is 51.8 Å². The van der Waals surface area contributed by atoms with Crippen molar-refractivity contribution in [2.24, 2.45) is 5.14 Å². The van der Waals surface area contributed by atoms with E-state index in [0.717, 1.165) is 13.1 Å². The standard InChI is InChI=1S/C9H10Br2N4O2S2/c1-4(2)15-8(6-3-5(10)7(11)18-6)13-14-9(15)19(12,16)17/h3-4H,1-2H3,(H2,12,16,17). The summed E-state index contributed by atoms with van der Waals surface area (Å²) in [7, 11) is -3.90. The molecule has 0 aliphatic carbocycles. The zero-order valence-electron chi connectivity index (χ0n) is 9.96. The topological polar surface area (TPSA) is 90.9 Å². The maximum absolute atomic E-state index is 11.5. The smallest absolute Gasteiger partial charge is 0.273 e. The number of sulfonamides is 1. The molecule has 104 valence electrons. The molecule has 2 heterocycles. The average molecular weight is 430 g/mol. The van der Waals surface area contributed by atoms with Crippen LogP contribution in [0.15, 0.2) is 19.5 Å². The van der Waals surface area contributed by atoms with E-state index >= 15 is 0 Å². The van der Waals surface area contributed by atoms with Gasteiger partial charge in [0.1, 0.15) is 0 Å². The van der Waals surface area contributed by atoms with Gasteiger partial charge >= 0.3 is 0 Å². The minimum absolute atomic E-state index is 0.127. The van der Waals surface area contributed by atoms with E-state index in [2.05, 4.69) is 42.1 Å². The van der Waals surface area contributed by atoms with Gasteiger partial charge in [-0.15, -0.1) is 21.5 Å². The van der Waals surface area contributed by atoms with E-state index in [4.69, 9.17) is 5.14 Å². The van der Waals surface area contributed by atoms with Crippen molar-refractivity contribution in [3.05, 3.63) is 14.3 Å². The molecule has 0 bridgehead atoms. The fraction of sp³-hybridized carbons (Fsp3) is 0.333. The quantitative estimate of drug-likeness (QED) is 0.811. The summed E-state index contributed by atoms with van der Waals surface area (Å²) in [6.45, 7) is 3.69. The first kappa shape index (κ1) is 15.1. The van der Waals surface area contributed by atoms with Crippen LogP contribution in [0.3, 0.4) is 0 Å². The number of primary sulfonamides is 1. The Bertz CT molecular complexity index is 701. The molecule has 0 unspecified atom stereocenters. The predicted octanol–water partition coefficient (Wildman–Crippen LogP) is 2.76. The summed E-state index contributed by atoms with van der Waals surface area (Å²) in [6.07, 6.45) is 0. The first-order chi connectivity index (χ1) is 8.71. The lowest BCUT2D eigenvalue weighted by Gasteiger charge is -2.11. The Kier molecular flexibility index (Phi) is 4.17. The van der Waals surface area contributed by atoms with E-state index in [1.807, 2.05) is 19.9 Å². The molecule has 2 rings (SSSR count). The second-order valence-corrected chi connectivity index (χ2v) is 8.73. The van der Waals surface area contributed by atoms with Gasteiger partial charge in [0.2, 0.25) is 0 Å². The molecular weight excluding hydrogens is 420 g/mol. The molecule has 0 aliphatic rings. The van der Waals surface area contributed by atoms with Gasteiger partial charge in [-0.2, -0.15) is 0 Å². The third kappa shape index (κ3) is 2.92. The summed E-state index contributed by atoms with van der Waals surface area (Å²) in [5, 5.41) is 12.6. The largest absolute Gasteiger partial charge is 0.294 e. The van der Waals surface area contributed by atoms with E-state index in [-0.39, 0.29) is 11.2 Å². The summed E-state index contributed by atoms with van der Waals surface area (Å²) in [5.41, 5.74) is 0. The highest BCUT2D eigenvalue weighted by Gasteiger charge is 2.24. The van der Waals surface area contributed by atoms with E-state index < -0.39 is 10.0 Å². The molecule has 2 N–H and O–H groups in total. The Balaban J connectivity index is 2.69. The Labute approximate surface area is 131 Å². The summed E-state index contributed by atoms with van der Waals surface area (Å²) in [4.78, 5) is 0.801. The lowest BCUT2D eigenvalue weighted by atomic mass is 10.3. The van der Waals surface area contributed by atoms with Crippen LogP contribution in [-0.4, -0.2) is 23.2 Å². The SMILES string of the molecule is CC(C)n1c(-c2cc(Br)c(Br)s2)nnc1S(N)(=O)=O. The Hall–Kier alpha value is -0.290. The Morgan fingerprint density at radius 2 is 2.00 bits per heavy atom. The van der Waals surface area contributed by atoms with Crippen molar-refractivity contribution in [1.82, 2.24) is 14.8 Å². The number of hydrogen-bond acceptors (Lipinski definition) is 5. The monoisotopic (exact) mass is 428 g/mol. The van der Waals surface area contributed by atoms with Crippen molar-refractivity contribution in [3.8, 4) is 10.7 Å². The Morgan fingerprint density at radius 1 is 1.37 bits per heavy atom. The van der Waals surface area contributed by atoms with Gasteiger partial charge in [0.25, 0.3) is 15.2 Å². The minimum Gasteiger partial charge on any atom is -0.294 e. The lowest BCUT2D eigenvalue weighted by molar-refractivity contribution is 0.525. The number of halogens is 2. The minimum atomic E-state index is -3.90. The molecule has 2 aromatic heterocycles. The highest BCUT2D eigenvalue weighted by Crippen LogP contribution is 2.38. The molecule has 0 saturated carbocycles. The van der Waals surface area contributed by atoms with Gasteiger partial charge in [-0.25, -0.2) is 13.6 Å². The molecule has 0 atom stereocenters. The summed E-state index contributed by atoms with van der Waals surface area (Å²) in [5.74, 6) is 0.482. The van der Waals surface area contributed by atoms with Gasteiger partial charge < -0.3 is 0 Å². The van der Waals surface area contributed by atoms with E-state index in [0.29, 0.717) is 5.82 Å². The second kappa shape index (κ2) is 5.24. The molecule has 0 amide bonds. The van der Waals surface area contributed by atoms with Crippen LogP contribution in [0.25, 0.3) is 10.7 Å². The third-order valence-corrected chi connectivity index (χ3v) is 6.34. The molecular formula is C9H10Br2N4O2S2. The van der Waals surface area contributed by atoms with Gasteiger partial charge in [0.15, 0.2) is 5.82 Å². The molecule has 19 heavy (non-hydrogen) atoms. The Morgan fingerprint density at radius 3 is 2.42 bits per heavy atom. The van der Waals surface area contributed by atoms with Crippen molar-refractivity contribution in [3.63, 3.8) is 0 Å². The normalized spacial score (nSPS) is 12.3. The average Bonchev–Trinajstić information content (AvgIpc) is 2.82. The molecule has 0 aliphatic heterocycles. The van der Waals surface area contributed by atoms with Crippen LogP contribution >= 0.6 is 43.2 Å². The van der Waals surface area contributed by atoms with Crippen LogP contribution < -0.4 is 5.14 Å². The van der Waals surface area contributed by atoms with Crippen LogP contribution in [0, 0.1) is 0 Å². The molecule has 0 aromatic carbocycles. The summed E-state index contributed by atoms with van der Waals surface area (Å²) >= 11 is 8.21. The van der Waals surface area contributed by atoms with Crippen molar-refractivity contribution in [2.75, 3.05) is 0 Å². The number of hydrogen-bond donors (Lipinski definition) is 1. The highest BCUT2D eigenvalue weighted by atomic mass is 79.9. The molecule has 10 heteroatoms. The van der Waals surface area contributed by atoms with Gasteiger partial charge in [0, 0.05) is 10.5 Å². The first-order valence-corrected chi connectivity index (χ1v) is 9.09. The first-order valence-electron chi connectivity index (χ1n) is 5.14. The predicted molar refractivity (Wildman–Crippen MR) is 80.5 cm³/mol. The van der Waals surface area contributed by atoms with Gasteiger partial charge in [-0.1, -0.05) is 0 Å². The summed E-state index contributed by atoms with van der Waals surface area (Å²) < 4.78 is 26.3. The molecule has 6 nitrogen and oxygen atoms in total. The second-order valence-electron chi connectivity index (χ2n) is 4.05. The van der Waals surface area contributed by atoms with E-state index in [1.54, 1.807) is 0 Å². The zero-order valence-corrected chi connectivity index (χ0v) is 14.8. The molecule has 0 saturated heterocycles. The lowest BCUT2D eigenvalue weighted by Crippen LogP contribution is -2.19. The third-order valence-electron chi connectivity index (χ3n) is 2.30. The molecule has 0 fully saturated rings. The fourth-order valence-corrected chi connectivity index (χ4v) is 4.31. The highest BCUT2D eigenvalue weighted by molar-refractivity contribution is 9.13. The van der Waals surface area contributed by atoms with Crippen LogP contribution in [0.1, 0.15) is 19.9 Å². The number of thiophene rings is 1. The van der Waals surface area contributed by atoms with E-state index in [1.165, 1.54) is 15.9 Å². The van der Waals surface area contributed by atoms with Crippen LogP contribution in [0.5, 0.6) is 0 Å². The molecule has 0 radical (unpaired) electrons. The van der Waals surface area contributed by atoms with Gasteiger partial charge in [-0.3, -0.25) is 4.57 Å².